The van der Waals surface area contributed by atoms with Gasteiger partial charge in [-0.25, -0.2) is 4.68 Å². The molecule has 1 heterocycles. The fraction of sp³-hybridized carbons (Fsp3) is 0.733. The Labute approximate surface area is 133 Å². The van der Waals surface area contributed by atoms with Gasteiger partial charge in [-0.1, -0.05) is 12.8 Å². The van der Waals surface area contributed by atoms with Crippen LogP contribution in [0.4, 0.5) is 5.69 Å². The number of nitrogens with two attached hydrogens (primary N) is 1. The lowest BCUT2D eigenvalue weighted by molar-refractivity contribution is 0.461. The molecule has 0 aliphatic heterocycles. The van der Waals surface area contributed by atoms with Crippen LogP contribution in [0.2, 0.25) is 0 Å². The fourth-order valence-electron chi connectivity index (χ4n) is 3.17. The number of aromatic nitrogens is 2. The van der Waals surface area contributed by atoms with Gasteiger partial charge >= 0.3 is 0 Å². The number of nitrogens with zero attached hydrogens (tertiary/aromatic N) is 2. The van der Waals surface area contributed by atoms with Crippen molar-refractivity contribution in [3.05, 3.63) is 21.0 Å². The van der Waals surface area contributed by atoms with Crippen molar-refractivity contribution in [2.24, 2.45) is 17.6 Å². The van der Waals surface area contributed by atoms with Gasteiger partial charge in [-0.3, -0.25) is 4.79 Å². The molecule has 1 aromatic heterocycles. The molecule has 0 spiro atoms. The summed E-state index contributed by atoms with van der Waals surface area (Å²) in [6, 6.07) is 0.226. The Bertz CT molecular complexity index is 549. The third-order valence-electron chi connectivity index (χ3n) is 4.68. The fourth-order valence-corrected chi connectivity index (χ4v) is 3.59. The van der Waals surface area contributed by atoms with Gasteiger partial charge in [0.15, 0.2) is 0 Å². The average molecular weight is 355 g/mol. The molecule has 0 aromatic carbocycles. The lowest BCUT2D eigenvalue weighted by Crippen LogP contribution is -2.36. The monoisotopic (exact) mass is 354 g/mol. The van der Waals surface area contributed by atoms with E-state index >= 15 is 0 Å². The number of halogens is 1. The minimum Gasteiger partial charge on any atom is -0.378 e. The first-order valence-corrected chi connectivity index (χ1v) is 8.70. The minimum atomic E-state index is -0.0471. The van der Waals surface area contributed by atoms with E-state index in [9.17, 15) is 4.79 Å². The second-order valence-electron chi connectivity index (χ2n) is 6.33. The summed E-state index contributed by atoms with van der Waals surface area (Å²) < 4.78 is 2.15. The highest BCUT2D eigenvalue weighted by molar-refractivity contribution is 9.10. The van der Waals surface area contributed by atoms with E-state index in [1.54, 1.807) is 10.9 Å². The summed E-state index contributed by atoms with van der Waals surface area (Å²) in [6.07, 6.45) is 9.19. The van der Waals surface area contributed by atoms with Crippen LogP contribution in [-0.2, 0) is 6.54 Å². The molecular weight excluding hydrogens is 332 g/mol. The third-order valence-corrected chi connectivity index (χ3v) is 5.44. The van der Waals surface area contributed by atoms with E-state index < -0.39 is 0 Å². The molecule has 0 saturated heterocycles. The van der Waals surface area contributed by atoms with E-state index in [1.807, 2.05) is 0 Å². The highest BCUT2D eigenvalue weighted by Crippen LogP contribution is 2.31. The molecule has 0 bridgehead atoms. The Kier molecular flexibility index (Phi) is 4.64. The molecule has 116 valence electrons. The normalized spacial score (nSPS) is 20.7. The highest BCUT2D eigenvalue weighted by Gasteiger charge is 2.26. The number of hydrogen-bond acceptors (Lipinski definition) is 4. The second kappa shape index (κ2) is 6.48. The Morgan fingerprint density at radius 1 is 1.38 bits per heavy atom. The van der Waals surface area contributed by atoms with E-state index in [-0.39, 0.29) is 11.6 Å². The first kappa shape index (κ1) is 15.0. The zero-order chi connectivity index (χ0) is 14.8. The van der Waals surface area contributed by atoms with Crippen LogP contribution in [0.1, 0.15) is 38.5 Å². The van der Waals surface area contributed by atoms with Crippen LogP contribution in [0.25, 0.3) is 0 Å². The first-order valence-electron chi connectivity index (χ1n) is 7.91. The molecule has 2 aliphatic carbocycles. The number of nitrogens with one attached hydrogen (secondary N) is 1. The molecule has 3 N–H and O–H groups in total. The minimum absolute atomic E-state index is 0.0471. The van der Waals surface area contributed by atoms with Crippen molar-refractivity contribution >= 4 is 21.6 Å². The van der Waals surface area contributed by atoms with Gasteiger partial charge in [-0.2, -0.15) is 5.10 Å². The van der Waals surface area contributed by atoms with Crippen molar-refractivity contribution in [1.82, 2.24) is 9.78 Å². The van der Waals surface area contributed by atoms with Gasteiger partial charge in [-0.15, -0.1) is 0 Å². The zero-order valence-electron chi connectivity index (χ0n) is 12.2. The topological polar surface area (TPSA) is 72.9 Å². The van der Waals surface area contributed by atoms with Crippen LogP contribution < -0.4 is 16.6 Å². The molecule has 21 heavy (non-hydrogen) atoms. The Morgan fingerprint density at radius 2 is 2.10 bits per heavy atom. The van der Waals surface area contributed by atoms with Crippen LogP contribution in [-0.4, -0.2) is 22.4 Å². The average Bonchev–Trinajstić information content (AvgIpc) is 3.14. The van der Waals surface area contributed by atoms with Gasteiger partial charge in [0, 0.05) is 19.1 Å². The van der Waals surface area contributed by atoms with E-state index in [2.05, 4.69) is 26.3 Å². The smallest absolute Gasteiger partial charge is 0.283 e. The Balaban J connectivity index is 1.74. The molecule has 2 saturated carbocycles. The standard InChI is InChI=1S/C15H23BrN4O/c16-14-13(19-12(7-17)11-3-1-2-4-11)8-18-20(15(14)21)9-10-5-6-10/h8,10-12,19H,1-7,9,17H2. The molecule has 2 aliphatic rings. The predicted molar refractivity (Wildman–Crippen MR) is 87.3 cm³/mol. The first-order chi connectivity index (χ1) is 10.2. The third kappa shape index (κ3) is 3.48. The molecule has 5 nitrogen and oxygen atoms in total. The number of anilines is 1. The van der Waals surface area contributed by atoms with E-state index in [0.29, 0.717) is 22.9 Å². The maximum absolute atomic E-state index is 12.3. The summed E-state index contributed by atoms with van der Waals surface area (Å²) in [5.41, 5.74) is 6.64. The van der Waals surface area contributed by atoms with Gasteiger partial charge < -0.3 is 11.1 Å². The molecule has 1 atom stereocenters. The van der Waals surface area contributed by atoms with E-state index in [0.717, 1.165) is 12.2 Å². The largest absolute Gasteiger partial charge is 0.378 e. The lowest BCUT2D eigenvalue weighted by Gasteiger charge is -2.24. The van der Waals surface area contributed by atoms with Gasteiger partial charge in [0.1, 0.15) is 4.47 Å². The maximum atomic E-state index is 12.3. The van der Waals surface area contributed by atoms with Crippen molar-refractivity contribution < 1.29 is 0 Å². The van der Waals surface area contributed by atoms with Crippen molar-refractivity contribution in [3.63, 3.8) is 0 Å². The quantitative estimate of drug-likeness (QED) is 0.822. The molecule has 6 heteroatoms. The van der Waals surface area contributed by atoms with E-state index in [4.69, 9.17) is 5.73 Å². The van der Waals surface area contributed by atoms with Gasteiger partial charge in [0.2, 0.25) is 0 Å². The lowest BCUT2D eigenvalue weighted by atomic mass is 9.98. The van der Waals surface area contributed by atoms with Crippen molar-refractivity contribution in [2.75, 3.05) is 11.9 Å². The van der Waals surface area contributed by atoms with Gasteiger partial charge in [-0.05, 0) is 53.4 Å². The summed E-state index contributed by atoms with van der Waals surface area (Å²) in [4.78, 5) is 12.3. The van der Waals surface area contributed by atoms with Crippen LogP contribution in [0, 0.1) is 11.8 Å². The summed E-state index contributed by atoms with van der Waals surface area (Å²) in [7, 11) is 0. The van der Waals surface area contributed by atoms with Crippen molar-refractivity contribution in [2.45, 2.75) is 51.1 Å². The molecule has 1 unspecified atom stereocenters. The SMILES string of the molecule is NCC(Nc1cnn(CC2CC2)c(=O)c1Br)C1CCCC1. The van der Waals surface area contributed by atoms with Crippen molar-refractivity contribution in [3.8, 4) is 0 Å². The van der Waals surface area contributed by atoms with Crippen LogP contribution in [0.15, 0.2) is 15.5 Å². The zero-order valence-corrected chi connectivity index (χ0v) is 13.8. The van der Waals surface area contributed by atoms with Crippen molar-refractivity contribution in [1.29, 1.82) is 0 Å². The molecule has 2 fully saturated rings. The molecule has 0 amide bonds. The summed E-state index contributed by atoms with van der Waals surface area (Å²) >= 11 is 3.43. The molecular formula is C15H23BrN4O. The summed E-state index contributed by atoms with van der Waals surface area (Å²) in [5.74, 6) is 1.24. The number of rotatable bonds is 6. The summed E-state index contributed by atoms with van der Waals surface area (Å²) in [5, 5.41) is 7.73. The van der Waals surface area contributed by atoms with Crippen LogP contribution >= 0.6 is 15.9 Å². The molecule has 3 rings (SSSR count). The molecule has 0 radical (unpaired) electrons. The van der Waals surface area contributed by atoms with Gasteiger partial charge in [0.05, 0.1) is 11.9 Å². The van der Waals surface area contributed by atoms with Crippen LogP contribution in [0.3, 0.4) is 0 Å². The highest BCUT2D eigenvalue weighted by atomic mass is 79.9. The summed E-state index contributed by atoms with van der Waals surface area (Å²) in [6.45, 7) is 1.32. The predicted octanol–water partition coefficient (Wildman–Crippen LogP) is 2.35. The number of hydrogen-bond donors (Lipinski definition) is 2. The molecule has 1 aromatic rings. The Hall–Kier alpha value is -0.880. The maximum Gasteiger partial charge on any atom is 0.283 e. The second-order valence-corrected chi connectivity index (χ2v) is 7.13. The van der Waals surface area contributed by atoms with Crippen LogP contribution in [0.5, 0.6) is 0 Å². The Morgan fingerprint density at radius 3 is 2.71 bits per heavy atom. The van der Waals surface area contributed by atoms with E-state index in [1.165, 1.54) is 38.5 Å². The van der Waals surface area contributed by atoms with Gasteiger partial charge in [0.25, 0.3) is 5.56 Å².